The van der Waals surface area contributed by atoms with Crippen molar-refractivity contribution in [3.05, 3.63) is 52.5 Å². The summed E-state index contributed by atoms with van der Waals surface area (Å²) in [5.74, 6) is 0.380. The molecule has 0 heterocycles. The van der Waals surface area contributed by atoms with E-state index in [0.717, 1.165) is 0 Å². The number of phenols is 1. The highest BCUT2D eigenvalue weighted by Gasteiger charge is 2.08. The summed E-state index contributed by atoms with van der Waals surface area (Å²) in [7, 11) is 2.97. The Bertz CT molecular complexity index is 730. The molecule has 0 aliphatic rings. The molecule has 0 aliphatic heterocycles. The number of amides is 1. The smallest absolute Gasteiger partial charge is 0.271 e. The average molecular weight is 335 g/mol. The van der Waals surface area contributed by atoms with Crippen molar-refractivity contribution in [2.24, 2.45) is 5.10 Å². The first kappa shape index (κ1) is 16.6. The molecule has 2 N–H and O–H groups in total. The highest BCUT2D eigenvalue weighted by atomic mass is 35.5. The van der Waals surface area contributed by atoms with Crippen LogP contribution in [0.4, 0.5) is 0 Å². The second-order valence-corrected chi connectivity index (χ2v) is 4.89. The van der Waals surface area contributed by atoms with E-state index in [0.29, 0.717) is 16.9 Å². The Morgan fingerprint density at radius 2 is 1.91 bits per heavy atom. The third kappa shape index (κ3) is 4.14. The van der Waals surface area contributed by atoms with Gasteiger partial charge in [-0.05, 0) is 42.0 Å². The van der Waals surface area contributed by atoms with Gasteiger partial charge in [0.1, 0.15) is 5.75 Å². The minimum absolute atomic E-state index is 0.132. The Morgan fingerprint density at radius 3 is 2.52 bits per heavy atom. The monoisotopic (exact) mass is 334 g/mol. The van der Waals surface area contributed by atoms with Crippen LogP contribution in [0.5, 0.6) is 17.2 Å². The molecule has 0 spiro atoms. The van der Waals surface area contributed by atoms with E-state index in [1.165, 1.54) is 19.4 Å². The summed E-state index contributed by atoms with van der Waals surface area (Å²) in [5.41, 5.74) is 3.42. The maximum Gasteiger partial charge on any atom is 0.271 e. The lowest BCUT2D eigenvalue weighted by Crippen LogP contribution is -2.17. The van der Waals surface area contributed by atoms with E-state index >= 15 is 0 Å². The summed E-state index contributed by atoms with van der Waals surface area (Å²) in [6.07, 6.45) is 1.40. The lowest BCUT2D eigenvalue weighted by atomic mass is 10.2. The molecule has 0 saturated heterocycles. The van der Waals surface area contributed by atoms with Crippen LogP contribution in [-0.4, -0.2) is 31.4 Å². The Kier molecular flexibility index (Phi) is 5.43. The quantitative estimate of drug-likeness (QED) is 0.651. The minimum atomic E-state index is -0.360. The van der Waals surface area contributed by atoms with Gasteiger partial charge in [0, 0.05) is 5.56 Å². The molecule has 0 bridgehead atoms. The number of ether oxygens (including phenoxy) is 2. The maximum absolute atomic E-state index is 11.9. The van der Waals surface area contributed by atoms with Crippen molar-refractivity contribution in [3.8, 4) is 17.2 Å². The summed E-state index contributed by atoms with van der Waals surface area (Å²) < 4.78 is 10.0. The standard InChI is InChI=1S/C16H15ClN2O4/c1-22-12-5-3-11(4-6-12)16(21)19-18-9-10-7-13(17)15(20)14(8-10)23-2/h3-9,20H,1-2H3,(H,19,21). The summed E-state index contributed by atoms with van der Waals surface area (Å²) in [4.78, 5) is 11.9. The van der Waals surface area contributed by atoms with Crippen LogP contribution in [0, 0.1) is 0 Å². The lowest BCUT2D eigenvalue weighted by molar-refractivity contribution is 0.0955. The molecule has 0 radical (unpaired) electrons. The van der Waals surface area contributed by atoms with Crippen molar-refractivity contribution in [1.29, 1.82) is 0 Å². The fourth-order valence-electron chi connectivity index (χ4n) is 1.80. The van der Waals surface area contributed by atoms with Gasteiger partial charge < -0.3 is 14.6 Å². The van der Waals surface area contributed by atoms with Gasteiger partial charge in [0.25, 0.3) is 5.91 Å². The van der Waals surface area contributed by atoms with Gasteiger partial charge in [-0.25, -0.2) is 5.43 Å². The number of hydrogen-bond acceptors (Lipinski definition) is 5. The molecule has 2 aromatic rings. The van der Waals surface area contributed by atoms with Gasteiger partial charge in [-0.15, -0.1) is 0 Å². The number of carbonyl (C=O) groups excluding carboxylic acids is 1. The van der Waals surface area contributed by atoms with Crippen molar-refractivity contribution >= 4 is 23.7 Å². The number of aromatic hydroxyl groups is 1. The number of nitrogens with zero attached hydrogens (tertiary/aromatic N) is 1. The van der Waals surface area contributed by atoms with Crippen molar-refractivity contribution in [1.82, 2.24) is 5.43 Å². The Labute approximate surface area is 138 Å². The first-order chi connectivity index (χ1) is 11.0. The maximum atomic E-state index is 11.9. The molecule has 2 aromatic carbocycles. The van der Waals surface area contributed by atoms with Crippen LogP contribution >= 0.6 is 11.6 Å². The summed E-state index contributed by atoms with van der Waals surface area (Å²) in [6.45, 7) is 0. The molecule has 0 fully saturated rings. The zero-order valence-electron chi connectivity index (χ0n) is 12.5. The van der Waals surface area contributed by atoms with Gasteiger partial charge in [-0.1, -0.05) is 11.6 Å². The topological polar surface area (TPSA) is 80.2 Å². The molecule has 2 rings (SSSR count). The molecule has 7 heteroatoms. The number of hydrogen-bond donors (Lipinski definition) is 2. The van der Waals surface area contributed by atoms with Crippen LogP contribution in [0.1, 0.15) is 15.9 Å². The van der Waals surface area contributed by atoms with Gasteiger partial charge in [-0.3, -0.25) is 4.79 Å². The molecule has 0 saturated carbocycles. The van der Waals surface area contributed by atoms with Crippen LogP contribution < -0.4 is 14.9 Å². The van der Waals surface area contributed by atoms with Crippen LogP contribution in [0.25, 0.3) is 0 Å². The van der Waals surface area contributed by atoms with Crippen LogP contribution in [0.15, 0.2) is 41.5 Å². The summed E-state index contributed by atoms with van der Waals surface area (Å²) in [5, 5.41) is 13.6. The fourth-order valence-corrected chi connectivity index (χ4v) is 2.02. The molecule has 23 heavy (non-hydrogen) atoms. The van der Waals surface area contributed by atoms with E-state index in [4.69, 9.17) is 21.1 Å². The molecule has 0 aromatic heterocycles. The first-order valence-electron chi connectivity index (χ1n) is 6.59. The van der Waals surface area contributed by atoms with Crippen molar-refractivity contribution < 1.29 is 19.4 Å². The number of carbonyl (C=O) groups is 1. The van der Waals surface area contributed by atoms with Gasteiger partial charge in [0.2, 0.25) is 0 Å². The van der Waals surface area contributed by atoms with Crippen LogP contribution in [0.3, 0.4) is 0 Å². The molecule has 0 unspecified atom stereocenters. The van der Waals surface area contributed by atoms with E-state index in [2.05, 4.69) is 10.5 Å². The van der Waals surface area contributed by atoms with E-state index < -0.39 is 0 Å². The number of benzene rings is 2. The van der Waals surface area contributed by atoms with E-state index in [-0.39, 0.29) is 22.4 Å². The second-order valence-electron chi connectivity index (χ2n) is 4.48. The highest BCUT2D eigenvalue weighted by molar-refractivity contribution is 6.32. The summed E-state index contributed by atoms with van der Waals surface area (Å²) in [6, 6.07) is 9.67. The second kappa shape index (κ2) is 7.51. The van der Waals surface area contributed by atoms with Gasteiger partial charge in [0.05, 0.1) is 25.5 Å². The van der Waals surface area contributed by atoms with E-state index in [9.17, 15) is 9.90 Å². The lowest BCUT2D eigenvalue weighted by Gasteiger charge is -2.06. The number of nitrogens with one attached hydrogen (secondary N) is 1. The predicted octanol–water partition coefficient (Wildman–Crippen LogP) is 2.83. The number of rotatable bonds is 5. The molecule has 0 aliphatic carbocycles. The van der Waals surface area contributed by atoms with E-state index in [1.54, 1.807) is 37.4 Å². The predicted molar refractivity (Wildman–Crippen MR) is 87.7 cm³/mol. The molecular formula is C16H15ClN2O4. The molecule has 0 atom stereocenters. The van der Waals surface area contributed by atoms with Crippen molar-refractivity contribution in [2.45, 2.75) is 0 Å². The highest BCUT2D eigenvalue weighted by Crippen LogP contribution is 2.34. The van der Waals surface area contributed by atoms with Crippen LogP contribution in [-0.2, 0) is 0 Å². The third-order valence-corrected chi connectivity index (χ3v) is 3.29. The SMILES string of the molecule is COc1ccc(C(=O)NN=Cc2cc(Cl)c(O)c(OC)c2)cc1. The average Bonchev–Trinajstić information content (AvgIpc) is 2.57. The molecule has 120 valence electrons. The first-order valence-corrected chi connectivity index (χ1v) is 6.97. The molecule has 1 amide bonds. The number of hydrazone groups is 1. The van der Waals surface area contributed by atoms with Crippen LogP contribution in [0.2, 0.25) is 5.02 Å². The van der Waals surface area contributed by atoms with Gasteiger partial charge in [0.15, 0.2) is 11.5 Å². The molecular weight excluding hydrogens is 320 g/mol. The zero-order valence-corrected chi connectivity index (χ0v) is 13.3. The van der Waals surface area contributed by atoms with E-state index in [1.807, 2.05) is 0 Å². The Hall–Kier alpha value is -2.73. The third-order valence-electron chi connectivity index (χ3n) is 3.00. The number of phenolic OH excluding ortho intramolecular Hbond substituents is 1. The summed E-state index contributed by atoms with van der Waals surface area (Å²) >= 11 is 5.87. The minimum Gasteiger partial charge on any atom is -0.503 e. The zero-order chi connectivity index (χ0) is 16.8. The fraction of sp³-hybridized carbons (Fsp3) is 0.125. The number of halogens is 1. The Morgan fingerprint density at radius 1 is 1.22 bits per heavy atom. The molecule has 6 nitrogen and oxygen atoms in total. The normalized spacial score (nSPS) is 10.6. The Balaban J connectivity index is 2.06. The number of methoxy groups -OCH3 is 2. The largest absolute Gasteiger partial charge is 0.503 e. The van der Waals surface area contributed by atoms with Crippen molar-refractivity contribution in [3.63, 3.8) is 0 Å². The van der Waals surface area contributed by atoms with Gasteiger partial charge in [-0.2, -0.15) is 5.10 Å². The van der Waals surface area contributed by atoms with Gasteiger partial charge >= 0.3 is 0 Å². The van der Waals surface area contributed by atoms with Crippen molar-refractivity contribution in [2.75, 3.05) is 14.2 Å².